The highest BCUT2D eigenvalue weighted by atomic mass is 79.9. The maximum Gasteiger partial charge on any atom is 0.231 e. The van der Waals surface area contributed by atoms with Crippen LogP contribution in [0.1, 0.15) is 5.56 Å². The predicted molar refractivity (Wildman–Crippen MR) is 67.0 cm³/mol. The monoisotopic (exact) mass is 295 g/mol. The lowest BCUT2D eigenvalue weighted by Gasteiger charge is -2.09. The normalized spacial score (nSPS) is 13.1. The Labute approximate surface area is 106 Å². The van der Waals surface area contributed by atoms with Crippen molar-refractivity contribution in [2.45, 2.75) is 6.92 Å². The first-order chi connectivity index (χ1) is 8.18. The van der Waals surface area contributed by atoms with E-state index in [0.717, 1.165) is 32.7 Å². The lowest BCUT2D eigenvalue weighted by molar-refractivity contribution is 0.173. The van der Waals surface area contributed by atoms with E-state index in [1.54, 1.807) is 6.20 Å². The minimum Gasteiger partial charge on any atom is -0.454 e. The molecule has 0 fully saturated rings. The summed E-state index contributed by atoms with van der Waals surface area (Å²) >= 11 is 3.52. The number of nitrogen functional groups attached to an aromatic ring is 1. The topological polar surface area (TPSA) is 73.2 Å². The molecule has 6 heteroatoms. The molecule has 0 saturated carbocycles. The number of nitrogens with one attached hydrogen (secondary N) is 1. The number of aromatic nitrogens is 2. The largest absolute Gasteiger partial charge is 0.454 e. The number of H-pyrrole nitrogens is 1. The summed E-state index contributed by atoms with van der Waals surface area (Å²) < 4.78 is 11.7. The van der Waals surface area contributed by atoms with Gasteiger partial charge in [0.05, 0.1) is 10.7 Å². The summed E-state index contributed by atoms with van der Waals surface area (Å²) in [5, 5.41) is 6.65. The predicted octanol–water partition coefficient (Wildman–Crippen LogP) is 2.46. The second kappa shape index (κ2) is 3.66. The number of fused-ring (bicyclic) bond motifs is 1. The van der Waals surface area contributed by atoms with Crippen LogP contribution >= 0.6 is 15.9 Å². The van der Waals surface area contributed by atoms with Gasteiger partial charge in [-0.2, -0.15) is 5.10 Å². The summed E-state index contributed by atoms with van der Waals surface area (Å²) in [6, 6.07) is 1.92. The van der Waals surface area contributed by atoms with Gasteiger partial charge in [-0.3, -0.25) is 5.10 Å². The van der Waals surface area contributed by atoms with E-state index >= 15 is 0 Å². The molecule has 0 aliphatic carbocycles. The van der Waals surface area contributed by atoms with E-state index in [1.165, 1.54) is 0 Å². The molecule has 3 rings (SSSR count). The van der Waals surface area contributed by atoms with Gasteiger partial charge in [0.15, 0.2) is 11.5 Å². The standard InChI is InChI=1S/C11H10BrN3O2/c1-5-6(7-3-14-15-11(7)13)2-8-10(9(5)12)17-4-16-8/h2-3H,4H2,1H3,(H3,13,14,15). The molecule has 0 unspecified atom stereocenters. The second-order valence-electron chi connectivity index (χ2n) is 3.79. The van der Waals surface area contributed by atoms with Gasteiger partial charge in [-0.15, -0.1) is 0 Å². The number of nitrogens with two attached hydrogens (primary N) is 1. The van der Waals surface area contributed by atoms with Gasteiger partial charge < -0.3 is 15.2 Å². The fourth-order valence-corrected chi connectivity index (χ4v) is 2.41. The van der Waals surface area contributed by atoms with Gasteiger partial charge in [-0.25, -0.2) is 0 Å². The molecule has 0 saturated heterocycles. The molecule has 1 aliphatic heterocycles. The average molecular weight is 296 g/mol. The number of hydrogen-bond donors (Lipinski definition) is 2. The van der Waals surface area contributed by atoms with Crippen molar-refractivity contribution in [2.24, 2.45) is 0 Å². The molecule has 2 heterocycles. The maximum absolute atomic E-state index is 5.83. The zero-order valence-electron chi connectivity index (χ0n) is 9.08. The number of rotatable bonds is 1. The Morgan fingerprint density at radius 3 is 2.94 bits per heavy atom. The Morgan fingerprint density at radius 1 is 1.41 bits per heavy atom. The van der Waals surface area contributed by atoms with Crippen LogP contribution in [-0.4, -0.2) is 17.0 Å². The Hall–Kier alpha value is -1.69. The molecule has 88 valence electrons. The molecular formula is C11H10BrN3O2. The quantitative estimate of drug-likeness (QED) is 0.848. The van der Waals surface area contributed by atoms with Crippen LogP contribution in [-0.2, 0) is 0 Å². The molecule has 2 aromatic rings. The fourth-order valence-electron chi connectivity index (χ4n) is 1.89. The van der Waals surface area contributed by atoms with Gasteiger partial charge in [0, 0.05) is 5.56 Å². The molecule has 0 spiro atoms. The van der Waals surface area contributed by atoms with Crippen molar-refractivity contribution in [1.29, 1.82) is 0 Å². The third-order valence-corrected chi connectivity index (χ3v) is 3.76. The van der Waals surface area contributed by atoms with Crippen LogP contribution in [0.25, 0.3) is 11.1 Å². The van der Waals surface area contributed by atoms with E-state index in [1.807, 2.05) is 13.0 Å². The molecule has 1 aliphatic rings. The Balaban J connectivity index is 2.25. The van der Waals surface area contributed by atoms with Crippen LogP contribution < -0.4 is 15.2 Å². The molecular weight excluding hydrogens is 286 g/mol. The van der Waals surface area contributed by atoms with Gasteiger partial charge in [0.2, 0.25) is 6.79 Å². The van der Waals surface area contributed by atoms with Gasteiger partial charge >= 0.3 is 0 Å². The van der Waals surface area contributed by atoms with Crippen LogP contribution in [0.5, 0.6) is 11.5 Å². The van der Waals surface area contributed by atoms with Crippen molar-refractivity contribution in [3.8, 4) is 22.6 Å². The van der Waals surface area contributed by atoms with Gasteiger partial charge in [0.25, 0.3) is 0 Å². The molecule has 0 atom stereocenters. The van der Waals surface area contributed by atoms with Crippen LogP contribution in [0.15, 0.2) is 16.7 Å². The molecule has 3 N–H and O–H groups in total. The van der Waals surface area contributed by atoms with E-state index in [4.69, 9.17) is 15.2 Å². The van der Waals surface area contributed by atoms with Crippen LogP contribution in [0.2, 0.25) is 0 Å². The minimum absolute atomic E-state index is 0.248. The van der Waals surface area contributed by atoms with Gasteiger partial charge in [-0.05, 0) is 40.0 Å². The molecule has 0 radical (unpaired) electrons. The zero-order valence-corrected chi connectivity index (χ0v) is 10.7. The first-order valence-electron chi connectivity index (χ1n) is 5.06. The van der Waals surface area contributed by atoms with Crippen molar-refractivity contribution in [2.75, 3.05) is 12.5 Å². The van der Waals surface area contributed by atoms with Crippen LogP contribution in [0, 0.1) is 6.92 Å². The van der Waals surface area contributed by atoms with Crippen molar-refractivity contribution in [3.63, 3.8) is 0 Å². The first kappa shape index (κ1) is 10.5. The van der Waals surface area contributed by atoms with Crippen LogP contribution in [0.3, 0.4) is 0 Å². The zero-order chi connectivity index (χ0) is 12.0. The summed E-state index contributed by atoms with van der Waals surface area (Å²) in [6.45, 7) is 2.24. The highest BCUT2D eigenvalue weighted by molar-refractivity contribution is 9.10. The first-order valence-corrected chi connectivity index (χ1v) is 5.85. The number of benzene rings is 1. The highest BCUT2D eigenvalue weighted by Crippen LogP contribution is 2.45. The SMILES string of the molecule is Cc1c(-c2cn[nH]c2N)cc2c(c1Br)OCO2. The number of halogens is 1. The summed E-state index contributed by atoms with van der Waals surface area (Å²) in [4.78, 5) is 0. The third kappa shape index (κ3) is 1.48. The Morgan fingerprint density at radius 2 is 2.24 bits per heavy atom. The van der Waals surface area contributed by atoms with Gasteiger partial charge in [0.1, 0.15) is 5.82 Å². The highest BCUT2D eigenvalue weighted by Gasteiger charge is 2.22. The summed E-state index contributed by atoms with van der Waals surface area (Å²) in [5.41, 5.74) is 8.72. The van der Waals surface area contributed by atoms with E-state index in [-0.39, 0.29) is 6.79 Å². The molecule has 5 nitrogen and oxygen atoms in total. The number of hydrogen-bond acceptors (Lipinski definition) is 4. The van der Waals surface area contributed by atoms with Crippen molar-refractivity contribution in [1.82, 2.24) is 10.2 Å². The number of ether oxygens (including phenoxy) is 2. The number of anilines is 1. The van der Waals surface area contributed by atoms with E-state index in [2.05, 4.69) is 26.1 Å². The van der Waals surface area contributed by atoms with E-state index < -0.39 is 0 Å². The Bertz CT molecular complexity index is 595. The molecule has 0 amide bonds. The third-order valence-electron chi connectivity index (χ3n) is 2.81. The molecule has 1 aromatic carbocycles. The fraction of sp³-hybridized carbons (Fsp3) is 0.182. The molecule has 17 heavy (non-hydrogen) atoms. The second-order valence-corrected chi connectivity index (χ2v) is 4.59. The molecule has 0 bridgehead atoms. The summed E-state index contributed by atoms with van der Waals surface area (Å²) in [5.74, 6) is 2.00. The summed E-state index contributed by atoms with van der Waals surface area (Å²) in [7, 11) is 0. The average Bonchev–Trinajstić information content (AvgIpc) is 2.92. The Kier molecular flexibility index (Phi) is 2.25. The minimum atomic E-state index is 0.248. The van der Waals surface area contributed by atoms with Crippen LogP contribution in [0.4, 0.5) is 5.82 Å². The van der Waals surface area contributed by atoms with E-state index in [9.17, 15) is 0 Å². The summed E-state index contributed by atoms with van der Waals surface area (Å²) in [6.07, 6.45) is 1.70. The number of aromatic amines is 1. The van der Waals surface area contributed by atoms with E-state index in [0.29, 0.717) is 5.82 Å². The van der Waals surface area contributed by atoms with Crippen molar-refractivity contribution in [3.05, 3.63) is 22.3 Å². The lowest BCUT2D eigenvalue weighted by atomic mass is 10.0. The lowest BCUT2D eigenvalue weighted by Crippen LogP contribution is -1.93. The van der Waals surface area contributed by atoms with Crippen molar-refractivity contribution < 1.29 is 9.47 Å². The molecule has 1 aromatic heterocycles. The maximum atomic E-state index is 5.83. The van der Waals surface area contributed by atoms with Gasteiger partial charge in [-0.1, -0.05) is 0 Å². The number of nitrogens with zero attached hydrogens (tertiary/aromatic N) is 1. The van der Waals surface area contributed by atoms with Crippen molar-refractivity contribution >= 4 is 21.7 Å². The smallest absolute Gasteiger partial charge is 0.231 e.